The molecule has 0 heterocycles. The number of nitrogens with one attached hydrogen (secondary N) is 1. The minimum absolute atomic E-state index is 0.113. The number of methoxy groups -OCH3 is 1. The first-order chi connectivity index (χ1) is 8.63. The molecule has 1 aromatic carbocycles. The third kappa shape index (κ3) is 5.05. The molecule has 0 spiro atoms. The van der Waals surface area contributed by atoms with Crippen LogP contribution in [0.25, 0.3) is 0 Å². The molecule has 0 unspecified atom stereocenters. The highest BCUT2D eigenvalue weighted by Crippen LogP contribution is 2.25. The largest absolute Gasteiger partial charge is 0.493 e. The molecule has 0 aliphatic heterocycles. The first-order valence-corrected chi connectivity index (χ1v) is 5.80. The third-order valence-corrected chi connectivity index (χ3v) is 2.03. The van der Waals surface area contributed by atoms with E-state index in [4.69, 9.17) is 14.3 Å². The van der Waals surface area contributed by atoms with E-state index in [1.807, 2.05) is 26.0 Å². The predicted molar refractivity (Wildman–Crippen MR) is 67.4 cm³/mol. The minimum atomic E-state index is -0.332. The monoisotopic (exact) mass is 253 g/mol. The number of hydroxylamine groups is 1. The highest BCUT2D eigenvalue weighted by atomic mass is 16.7. The summed E-state index contributed by atoms with van der Waals surface area (Å²) in [6, 6.07) is 7.14. The van der Waals surface area contributed by atoms with Crippen molar-refractivity contribution in [1.29, 1.82) is 0 Å². The average Bonchev–Trinajstić information content (AvgIpc) is 2.36. The number of carbonyl (C=O) groups excluding carboxylic acids is 1. The van der Waals surface area contributed by atoms with Gasteiger partial charge in [0.1, 0.15) is 0 Å². The number of ether oxygens (including phenoxy) is 2. The van der Waals surface area contributed by atoms with Gasteiger partial charge in [-0.2, -0.15) is 0 Å². The van der Waals surface area contributed by atoms with Gasteiger partial charge in [-0.1, -0.05) is 26.0 Å². The minimum Gasteiger partial charge on any atom is -0.493 e. The van der Waals surface area contributed by atoms with E-state index in [0.29, 0.717) is 24.0 Å². The van der Waals surface area contributed by atoms with Gasteiger partial charge in [0.15, 0.2) is 18.1 Å². The van der Waals surface area contributed by atoms with E-state index in [1.165, 1.54) is 0 Å². The molecule has 1 rings (SSSR count). The van der Waals surface area contributed by atoms with Gasteiger partial charge in [0, 0.05) is 0 Å². The van der Waals surface area contributed by atoms with Gasteiger partial charge >= 0.3 is 0 Å². The number of para-hydroxylation sites is 2. The lowest BCUT2D eigenvalue weighted by Crippen LogP contribution is -2.30. The number of benzene rings is 1. The summed E-state index contributed by atoms with van der Waals surface area (Å²) in [6.45, 7) is 4.36. The second-order valence-corrected chi connectivity index (χ2v) is 4.17. The number of carbonyl (C=O) groups is 1. The van der Waals surface area contributed by atoms with Gasteiger partial charge in [-0.15, -0.1) is 0 Å². The number of hydrogen-bond acceptors (Lipinski definition) is 4. The van der Waals surface area contributed by atoms with Crippen LogP contribution in [0.5, 0.6) is 11.5 Å². The molecule has 18 heavy (non-hydrogen) atoms. The second kappa shape index (κ2) is 7.55. The molecule has 1 N–H and O–H groups in total. The Morgan fingerprint density at radius 2 is 1.94 bits per heavy atom. The van der Waals surface area contributed by atoms with Crippen LogP contribution in [0.4, 0.5) is 0 Å². The lowest BCUT2D eigenvalue weighted by atomic mass is 10.2. The third-order valence-electron chi connectivity index (χ3n) is 2.03. The molecule has 1 amide bonds. The van der Waals surface area contributed by atoms with E-state index < -0.39 is 0 Å². The average molecular weight is 253 g/mol. The van der Waals surface area contributed by atoms with Crippen LogP contribution >= 0.6 is 0 Å². The van der Waals surface area contributed by atoms with Crippen molar-refractivity contribution in [3.8, 4) is 11.5 Å². The SMILES string of the molecule is COc1ccccc1OCC(=O)NOCC(C)C. The molecule has 0 saturated carbocycles. The molecule has 0 fully saturated rings. The van der Waals surface area contributed by atoms with Crippen LogP contribution in [-0.4, -0.2) is 26.2 Å². The molecule has 1 aromatic rings. The zero-order chi connectivity index (χ0) is 13.4. The lowest BCUT2D eigenvalue weighted by molar-refractivity contribution is -0.136. The van der Waals surface area contributed by atoms with Gasteiger partial charge in [-0.25, -0.2) is 5.48 Å². The van der Waals surface area contributed by atoms with Crippen LogP contribution in [0, 0.1) is 5.92 Å². The van der Waals surface area contributed by atoms with E-state index in [2.05, 4.69) is 5.48 Å². The van der Waals surface area contributed by atoms with Crippen molar-refractivity contribution in [2.75, 3.05) is 20.3 Å². The van der Waals surface area contributed by atoms with Crippen LogP contribution in [0.1, 0.15) is 13.8 Å². The van der Waals surface area contributed by atoms with Crippen molar-refractivity contribution in [2.45, 2.75) is 13.8 Å². The second-order valence-electron chi connectivity index (χ2n) is 4.17. The zero-order valence-corrected chi connectivity index (χ0v) is 10.9. The number of hydrogen-bond donors (Lipinski definition) is 1. The van der Waals surface area contributed by atoms with Gasteiger partial charge in [-0.3, -0.25) is 9.63 Å². The molecule has 0 radical (unpaired) electrons. The summed E-state index contributed by atoms with van der Waals surface area (Å²) in [5.74, 6) is 1.15. The maximum absolute atomic E-state index is 11.4. The van der Waals surface area contributed by atoms with Crippen molar-refractivity contribution >= 4 is 5.91 Å². The van der Waals surface area contributed by atoms with E-state index in [9.17, 15) is 4.79 Å². The summed E-state index contributed by atoms with van der Waals surface area (Å²) < 4.78 is 10.4. The van der Waals surface area contributed by atoms with E-state index in [-0.39, 0.29) is 12.5 Å². The Morgan fingerprint density at radius 3 is 2.56 bits per heavy atom. The lowest BCUT2D eigenvalue weighted by Gasteiger charge is -2.11. The summed E-state index contributed by atoms with van der Waals surface area (Å²) in [4.78, 5) is 16.4. The summed E-state index contributed by atoms with van der Waals surface area (Å²) in [6.07, 6.45) is 0. The first-order valence-electron chi connectivity index (χ1n) is 5.80. The fourth-order valence-electron chi connectivity index (χ4n) is 1.20. The molecule has 5 nitrogen and oxygen atoms in total. The highest BCUT2D eigenvalue weighted by Gasteiger charge is 2.06. The van der Waals surface area contributed by atoms with Gasteiger partial charge in [0.25, 0.3) is 5.91 Å². The summed E-state index contributed by atoms with van der Waals surface area (Å²) >= 11 is 0. The fraction of sp³-hybridized carbons (Fsp3) is 0.462. The van der Waals surface area contributed by atoms with Crippen molar-refractivity contribution in [1.82, 2.24) is 5.48 Å². The van der Waals surface area contributed by atoms with Crippen LogP contribution in [0.15, 0.2) is 24.3 Å². The molecule has 0 atom stereocenters. The summed E-state index contributed by atoms with van der Waals surface area (Å²) in [5.41, 5.74) is 2.32. The fourth-order valence-corrected chi connectivity index (χ4v) is 1.20. The molecule has 0 saturated heterocycles. The van der Waals surface area contributed by atoms with Crippen molar-refractivity contribution in [3.05, 3.63) is 24.3 Å². The molecular weight excluding hydrogens is 234 g/mol. The van der Waals surface area contributed by atoms with Crippen molar-refractivity contribution in [2.24, 2.45) is 5.92 Å². The Balaban J connectivity index is 2.33. The first kappa shape index (κ1) is 14.3. The molecule has 100 valence electrons. The highest BCUT2D eigenvalue weighted by molar-refractivity contribution is 5.76. The Hall–Kier alpha value is -1.75. The van der Waals surface area contributed by atoms with E-state index >= 15 is 0 Å². The van der Waals surface area contributed by atoms with Crippen LogP contribution in [0.2, 0.25) is 0 Å². The topological polar surface area (TPSA) is 56.8 Å². The predicted octanol–water partition coefficient (Wildman–Crippen LogP) is 1.78. The van der Waals surface area contributed by atoms with E-state index in [0.717, 1.165) is 0 Å². The van der Waals surface area contributed by atoms with Gasteiger partial charge in [0.2, 0.25) is 0 Å². The van der Waals surface area contributed by atoms with Gasteiger partial charge < -0.3 is 9.47 Å². The molecular formula is C13H19NO4. The number of amides is 1. The standard InChI is InChI=1S/C13H19NO4/c1-10(2)8-18-14-13(15)9-17-12-7-5-4-6-11(12)16-3/h4-7,10H,8-9H2,1-3H3,(H,14,15). The molecule has 0 aromatic heterocycles. The van der Waals surface area contributed by atoms with Crippen LogP contribution in [-0.2, 0) is 9.63 Å². The summed E-state index contributed by atoms with van der Waals surface area (Å²) in [5, 5.41) is 0. The van der Waals surface area contributed by atoms with Crippen LogP contribution in [0.3, 0.4) is 0 Å². The van der Waals surface area contributed by atoms with Gasteiger partial charge in [-0.05, 0) is 18.1 Å². The molecule has 0 aliphatic rings. The Bertz CT molecular complexity index is 379. The Kier molecular flexibility index (Phi) is 6.00. The molecule has 0 bridgehead atoms. The number of rotatable bonds is 7. The van der Waals surface area contributed by atoms with E-state index in [1.54, 1.807) is 19.2 Å². The Labute approximate surface area is 107 Å². The van der Waals surface area contributed by atoms with Crippen molar-refractivity contribution in [3.63, 3.8) is 0 Å². The quantitative estimate of drug-likeness (QED) is 0.752. The normalized spacial score (nSPS) is 10.2. The van der Waals surface area contributed by atoms with Crippen LogP contribution < -0.4 is 15.0 Å². The van der Waals surface area contributed by atoms with Gasteiger partial charge in [0.05, 0.1) is 13.7 Å². The Morgan fingerprint density at radius 1 is 1.28 bits per heavy atom. The van der Waals surface area contributed by atoms with Crippen molar-refractivity contribution < 1.29 is 19.1 Å². The summed E-state index contributed by atoms with van der Waals surface area (Å²) in [7, 11) is 1.55. The smallest absolute Gasteiger partial charge is 0.281 e. The molecule has 0 aliphatic carbocycles. The molecule has 5 heteroatoms. The zero-order valence-electron chi connectivity index (χ0n) is 10.9. The maximum atomic E-state index is 11.4. The maximum Gasteiger partial charge on any atom is 0.281 e.